The van der Waals surface area contributed by atoms with E-state index < -0.39 is 56.1 Å². The van der Waals surface area contributed by atoms with Crippen LogP contribution in [0.25, 0.3) is 11.2 Å². The van der Waals surface area contributed by atoms with Gasteiger partial charge in [-0.25, -0.2) is 13.9 Å². The Morgan fingerprint density at radius 2 is 1.95 bits per heavy atom. The van der Waals surface area contributed by atoms with Gasteiger partial charge in [0.1, 0.15) is 23.5 Å². The number of aliphatic hydroxyl groups excluding tert-OH is 1. The summed E-state index contributed by atoms with van der Waals surface area (Å²) in [6.45, 7) is 6.75. The van der Waals surface area contributed by atoms with Crippen LogP contribution in [0.3, 0.4) is 0 Å². The van der Waals surface area contributed by atoms with Crippen molar-refractivity contribution in [2.24, 2.45) is 0 Å². The van der Waals surface area contributed by atoms with Gasteiger partial charge >= 0.3 is 13.7 Å². The Kier molecular flexibility index (Phi) is 8.58. The van der Waals surface area contributed by atoms with Crippen molar-refractivity contribution in [2.45, 2.75) is 70.4 Å². The molecule has 0 aliphatic carbocycles. The molecular weight excluding hydrogens is 560 g/mol. The summed E-state index contributed by atoms with van der Waals surface area (Å²) in [5.41, 5.74) is 2.18. The lowest BCUT2D eigenvalue weighted by molar-refractivity contribution is -0.149. The fourth-order valence-electron chi connectivity index (χ4n) is 4.44. The van der Waals surface area contributed by atoms with Gasteiger partial charge in [-0.1, -0.05) is 18.2 Å². The molecule has 1 saturated heterocycles. The number of nitrogens with zero attached hydrogens (tertiary/aromatic N) is 4. The number of hydrogen-bond donors (Lipinski definition) is 4. The van der Waals surface area contributed by atoms with Gasteiger partial charge in [0, 0.05) is 7.05 Å². The van der Waals surface area contributed by atoms with E-state index in [1.807, 2.05) is 0 Å². The Morgan fingerprint density at radius 1 is 1.27 bits per heavy atom. The molecule has 5 N–H and O–H groups in total. The van der Waals surface area contributed by atoms with Crippen molar-refractivity contribution in [3.63, 3.8) is 0 Å². The van der Waals surface area contributed by atoms with Crippen LogP contribution in [0.15, 0.2) is 36.7 Å². The first kappa shape index (κ1) is 30.6. The van der Waals surface area contributed by atoms with Gasteiger partial charge in [-0.2, -0.15) is 15.1 Å². The van der Waals surface area contributed by atoms with E-state index in [1.54, 1.807) is 51.2 Å². The number of carbonyl (C=O) groups excluding carboxylic acids is 1. The number of fused-ring (bicyclic) bond motifs is 1. The van der Waals surface area contributed by atoms with E-state index in [0.717, 1.165) is 6.92 Å². The zero-order valence-electron chi connectivity index (χ0n) is 23.6. The smallest absolute Gasteiger partial charge is 0.459 e. The molecule has 0 bridgehead atoms. The normalized spacial score (nSPS) is 26.6. The molecular formula is C25H35FN7O7P. The fraction of sp³-hybridized carbons (Fsp3) is 0.520. The van der Waals surface area contributed by atoms with Gasteiger partial charge in [0.2, 0.25) is 5.95 Å². The topological polar surface area (TPSA) is 185 Å². The molecule has 0 radical (unpaired) electrons. The monoisotopic (exact) mass is 595 g/mol. The second-order valence-electron chi connectivity index (χ2n) is 10.4. The number of aromatic nitrogens is 4. The lowest BCUT2D eigenvalue weighted by atomic mass is 9.90. The second kappa shape index (κ2) is 11.5. The predicted octanol–water partition coefficient (Wildman–Crippen LogP) is 2.96. The first-order valence-electron chi connectivity index (χ1n) is 12.9. The van der Waals surface area contributed by atoms with Crippen LogP contribution in [0, 0.1) is 0 Å². The summed E-state index contributed by atoms with van der Waals surface area (Å²) in [5, 5.41) is 16.5. The maximum Gasteiger partial charge on any atom is 0.459 e. The van der Waals surface area contributed by atoms with Gasteiger partial charge in [0.15, 0.2) is 28.9 Å². The number of nitrogens with two attached hydrogens (primary N) is 1. The third kappa shape index (κ3) is 6.28. The van der Waals surface area contributed by atoms with E-state index in [-0.39, 0.29) is 17.3 Å². The summed E-state index contributed by atoms with van der Waals surface area (Å²) in [6, 6.07) is 7.04. The maximum absolute atomic E-state index is 16.2. The molecule has 0 spiro atoms. The first-order chi connectivity index (χ1) is 19.2. The molecule has 0 amide bonds. The van der Waals surface area contributed by atoms with E-state index in [9.17, 15) is 14.5 Å². The van der Waals surface area contributed by atoms with Crippen LogP contribution in [0.4, 0.5) is 16.2 Å². The number of hydrogen-bond acceptors (Lipinski definition) is 12. The third-order valence-corrected chi connectivity index (χ3v) is 8.08. The molecule has 3 aromatic rings. The molecule has 2 aromatic heterocycles. The fourth-order valence-corrected chi connectivity index (χ4v) is 6.02. The minimum absolute atomic E-state index is 0.0796. The lowest BCUT2D eigenvalue weighted by Crippen LogP contribution is -2.48. The van der Waals surface area contributed by atoms with Gasteiger partial charge < -0.3 is 30.2 Å². The predicted molar refractivity (Wildman–Crippen MR) is 148 cm³/mol. The Balaban J connectivity index is 1.61. The van der Waals surface area contributed by atoms with Crippen molar-refractivity contribution in [1.29, 1.82) is 0 Å². The largest absolute Gasteiger partial charge is 0.462 e. The Morgan fingerprint density at radius 3 is 2.59 bits per heavy atom. The molecule has 1 aliphatic heterocycles. The zero-order chi connectivity index (χ0) is 30.2. The van der Waals surface area contributed by atoms with Gasteiger partial charge in [0.25, 0.3) is 0 Å². The zero-order valence-corrected chi connectivity index (χ0v) is 24.5. The first-order valence-corrected chi connectivity index (χ1v) is 14.4. The number of halogens is 1. The number of anilines is 2. The van der Waals surface area contributed by atoms with Crippen LogP contribution >= 0.6 is 7.75 Å². The van der Waals surface area contributed by atoms with Crippen molar-refractivity contribution in [3.05, 3.63) is 36.7 Å². The van der Waals surface area contributed by atoms with Crippen LogP contribution in [-0.2, 0) is 23.4 Å². The van der Waals surface area contributed by atoms with Crippen LogP contribution in [0.2, 0.25) is 0 Å². The number of esters is 1. The molecule has 3 heterocycles. The van der Waals surface area contributed by atoms with Crippen LogP contribution in [0.1, 0.15) is 40.8 Å². The quantitative estimate of drug-likeness (QED) is 0.187. The van der Waals surface area contributed by atoms with Crippen LogP contribution in [-0.4, -0.2) is 73.8 Å². The highest BCUT2D eigenvalue weighted by Crippen LogP contribution is 2.51. The Bertz CT molecular complexity index is 1440. The van der Waals surface area contributed by atoms with Crippen LogP contribution in [0.5, 0.6) is 5.75 Å². The number of alkyl halides is 1. The summed E-state index contributed by atoms with van der Waals surface area (Å²) in [7, 11) is -2.70. The number of para-hydroxylation sites is 1. The number of benzene rings is 1. The minimum atomic E-state index is -4.32. The van der Waals surface area contributed by atoms with E-state index >= 15 is 4.39 Å². The summed E-state index contributed by atoms with van der Waals surface area (Å²) in [5.74, 6) is -0.258. The van der Waals surface area contributed by atoms with Crippen molar-refractivity contribution < 1.29 is 37.4 Å². The van der Waals surface area contributed by atoms with Crippen molar-refractivity contribution in [3.8, 4) is 5.75 Å². The standard InChI is InChI=1S/C25H35FN7O7P/c1-14(2)38-20(34)15(3)32-41(36,40-16-10-8-7-9-11-16)37-12-24(4)21(35)25(5,26)22(39-24)33-13-29-17-18(28-6)30-23(27)31-19(17)33/h7-11,13-15,21-22,35H,12H2,1-6H3,(H,32,36)(H3,27,28,30,31)/t15-,21+,22-,24+,25+,41-/m0/s1. The van der Waals surface area contributed by atoms with Crippen molar-refractivity contribution >= 4 is 36.6 Å². The molecule has 0 unspecified atom stereocenters. The van der Waals surface area contributed by atoms with E-state index in [1.165, 1.54) is 24.7 Å². The highest BCUT2D eigenvalue weighted by atomic mass is 31.2. The summed E-state index contributed by atoms with van der Waals surface area (Å²) >= 11 is 0. The molecule has 14 nitrogen and oxygen atoms in total. The second-order valence-corrected chi connectivity index (χ2v) is 12.0. The van der Waals surface area contributed by atoms with E-state index in [2.05, 4.69) is 25.4 Å². The molecule has 0 saturated carbocycles. The van der Waals surface area contributed by atoms with Crippen LogP contribution < -0.4 is 20.7 Å². The lowest BCUT2D eigenvalue weighted by Gasteiger charge is -2.31. The van der Waals surface area contributed by atoms with E-state index in [0.29, 0.717) is 11.3 Å². The van der Waals surface area contributed by atoms with Crippen molar-refractivity contribution in [1.82, 2.24) is 24.6 Å². The molecule has 224 valence electrons. The number of rotatable bonds is 11. The number of nitrogens with one attached hydrogen (secondary N) is 2. The number of carbonyl (C=O) groups is 1. The summed E-state index contributed by atoms with van der Waals surface area (Å²) in [4.78, 5) is 24.9. The van der Waals surface area contributed by atoms with Gasteiger partial charge in [0.05, 0.1) is 19.0 Å². The summed E-state index contributed by atoms with van der Waals surface area (Å²) < 4.78 is 54.0. The molecule has 1 aromatic carbocycles. The third-order valence-electron chi connectivity index (χ3n) is 6.45. The van der Waals surface area contributed by atoms with Crippen molar-refractivity contribution in [2.75, 3.05) is 24.7 Å². The molecule has 4 rings (SSSR count). The molecule has 6 atom stereocenters. The average Bonchev–Trinajstić information content (AvgIpc) is 3.39. The van der Waals surface area contributed by atoms with Gasteiger partial charge in [-0.15, -0.1) is 0 Å². The van der Waals surface area contributed by atoms with Gasteiger partial charge in [-0.05, 0) is 46.8 Å². The molecule has 41 heavy (non-hydrogen) atoms. The SMILES string of the molecule is CNc1nc(N)nc2c1ncn2[C@H]1O[C@](C)(CO[P@@](=O)(N[C@@H](C)C(=O)OC(C)C)Oc2ccccc2)[C@@H](O)[C@@]1(C)F. The highest BCUT2D eigenvalue weighted by molar-refractivity contribution is 7.52. The highest BCUT2D eigenvalue weighted by Gasteiger charge is 2.62. The Labute approximate surface area is 236 Å². The molecule has 1 aliphatic rings. The number of nitrogen functional groups attached to an aromatic ring is 1. The number of ether oxygens (including phenoxy) is 2. The van der Waals surface area contributed by atoms with E-state index in [4.69, 9.17) is 24.3 Å². The Hall–Kier alpha value is -3.36. The van der Waals surface area contributed by atoms with Gasteiger partial charge in [-0.3, -0.25) is 13.9 Å². The minimum Gasteiger partial charge on any atom is -0.462 e. The average molecular weight is 596 g/mol. The number of imidazole rings is 1. The number of aliphatic hydroxyl groups is 1. The molecule has 16 heteroatoms. The summed E-state index contributed by atoms with van der Waals surface area (Å²) in [6.07, 6.45) is -2.31. The molecule has 1 fully saturated rings. The maximum atomic E-state index is 16.2.